The molecule has 0 bridgehead atoms. The Balaban J connectivity index is 1.44. The van der Waals surface area contributed by atoms with Gasteiger partial charge in [-0.25, -0.2) is 4.98 Å². The topological polar surface area (TPSA) is 77.3 Å². The zero-order chi connectivity index (χ0) is 22.1. The zero-order valence-corrected chi connectivity index (χ0v) is 17.6. The standard InChI is InChI=1S/C25H22N4O3/c1-28-23(30)15-21(18-8-10-26-11-9-18)27-25(28)29-12-13-32-22(16-29)24(31)20-7-6-17-4-2-3-5-19(17)14-20/h2-11,14-15,22H,12-13,16H2,1H3. The van der Waals surface area contributed by atoms with E-state index in [9.17, 15) is 9.59 Å². The Kier molecular flexibility index (Phi) is 5.25. The fraction of sp³-hybridized carbons (Fsp3) is 0.200. The fourth-order valence-corrected chi connectivity index (χ4v) is 4.00. The number of ether oxygens (including phenoxy) is 1. The first-order valence-electron chi connectivity index (χ1n) is 10.5. The number of anilines is 1. The number of fused-ring (bicyclic) bond motifs is 1. The van der Waals surface area contributed by atoms with Crippen LogP contribution in [0.25, 0.3) is 22.0 Å². The molecule has 5 rings (SSSR count). The molecule has 1 saturated heterocycles. The number of benzene rings is 2. The van der Waals surface area contributed by atoms with Crippen molar-refractivity contribution in [2.75, 3.05) is 24.6 Å². The highest BCUT2D eigenvalue weighted by molar-refractivity contribution is 6.03. The van der Waals surface area contributed by atoms with E-state index in [4.69, 9.17) is 9.72 Å². The molecular weight excluding hydrogens is 404 g/mol. The number of hydrogen-bond donors (Lipinski definition) is 0. The van der Waals surface area contributed by atoms with Gasteiger partial charge in [0.1, 0.15) is 6.10 Å². The van der Waals surface area contributed by atoms with Gasteiger partial charge in [0.05, 0.1) is 18.8 Å². The Morgan fingerprint density at radius 2 is 1.81 bits per heavy atom. The second kappa shape index (κ2) is 8.36. The molecule has 1 aliphatic heterocycles. The molecule has 0 amide bonds. The van der Waals surface area contributed by atoms with E-state index in [2.05, 4.69) is 4.98 Å². The summed E-state index contributed by atoms with van der Waals surface area (Å²) in [6, 6.07) is 18.8. The molecule has 0 saturated carbocycles. The molecule has 4 aromatic rings. The lowest BCUT2D eigenvalue weighted by Gasteiger charge is -2.33. The van der Waals surface area contributed by atoms with E-state index in [1.165, 1.54) is 10.6 Å². The predicted molar refractivity (Wildman–Crippen MR) is 123 cm³/mol. The third-order valence-corrected chi connectivity index (χ3v) is 5.76. The number of hydrogen-bond acceptors (Lipinski definition) is 6. The quantitative estimate of drug-likeness (QED) is 0.467. The zero-order valence-electron chi connectivity index (χ0n) is 17.6. The molecule has 1 atom stereocenters. The van der Waals surface area contributed by atoms with Gasteiger partial charge in [-0.2, -0.15) is 0 Å². The number of pyridine rings is 1. The highest BCUT2D eigenvalue weighted by Gasteiger charge is 2.29. The molecule has 7 nitrogen and oxygen atoms in total. The van der Waals surface area contributed by atoms with Crippen molar-refractivity contribution in [1.29, 1.82) is 0 Å². The van der Waals surface area contributed by atoms with Crippen molar-refractivity contribution >= 4 is 22.5 Å². The lowest BCUT2D eigenvalue weighted by molar-refractivity contribution is 0.0337. The van der Waals surface area contributed by atoms with Crippen molar-refractivity contribution in [3.63, 3.8) is 0 Å². The molecule has 7 heteroatoms. The third-order valence-electron chi connectivity index (χ3n) is 5.76. The van der Waals surface area contributed by atoms with Gasteiger partial charge in [0, 0.05) is 43.2 Å². The Morgan fingerprint density at radius 3 is 2.62 bits per heavy atom. The van der Waals surface area contributed by atoms with Crippen molar-refractivity contribution in [1.82, 2.24) is 14.5 Å². The van der Waals surface area contributed by atoms with Crippen molar-refractivity contribution < 1.29 is 9.53 Å². The number of carbonyl (C=O) groups excluding carboxylic acids is 1. The maximum atomic E-state index is 13.2. The van der Waals surface area contributed by atoms with Gasteiger partial charge in [-0.15, -0.1) is 0 Å². The number of rotatable bonds is 4. The van der Waals surface area contributed by atoms with Gasteiger partial charge < -0.3 is 9.64 Å². The minimum atomic E-state index is -0.633. The summed E-state index contributed by atoms with van der Waals surface area (Å²) < 4.78 is 7.34. The van der Waals surface area contributed by atoms with Crippen LogP contribution in [0.2, 0.25) is 0 Å². The van der Waals surface area contributed by atoms with E-state index >= 15 is 0 Å². The molecule has 0 N–H and O–H groups in total. The molecule has 1 unspecified atom stereocenters. The average Bonchev–Trinajstić information content (AvgIpc) is 2.85. The largest absolute Gasteiger partial charge is 0.366 e. The lowest BCUT2D eigenvalue weighted by atomic mass is 10.0. The monoisotopic (exact) mass is 426 g/mol. The Hall–Kier alpha value is -3.84. The fourth-order valence-electron chi connectivity index (χ4n) is 4.00. The Morgan fingerprint density at radius 1 is 1.03 bits per heavy atom. The summed E-state index contributed by atoms with van der Waals surface area (Å²) >= 11 is 0. The van der Waals surface area contributed by atoms with E-state index in [1.54, 1.807) is 19.4 Å². The highest BCUT2D eigenvalue weighted by Crippen LogP contribution is 2.22. The van der Waals surface area contributed by atoms with Gasteiger partial charge in [0.2, 0.25) is 5.95 Å². The first kappa shape index (κ1) is 20.1. The Bertz CT molecular complexity index is 1350. The average molecular weight is 426 g/mol. The molecular formula is C25H22N4O3. The van der Waals surface area contributed by atoms with Crippen LogP contribution in [0.1, 0.15) is 10.4 Å². The minimum Gasteiger partial charge on any atom is -0.366 e. The second-order valence-corrected chi connectivity index (χ2v) is 7.81. The number of nitrogens with zero attached hydrogens (tertiary/aromatic N) is 4. The first-order valence-corrected chi connectivity index (χ1v) is 10.5. The first-order chi connectivity index (χ1) is 15.6. The number of Topliss-reactive ketones (excluding diaryl/α,β-unsaturated/α-hetero) is 1. The van der Waals surface area contributed by atoms with Crippen LogP contribution < -0.4 is 10.5 Å². The van der Waals surface area contributed by atoms with Gasteiger partial charge in [0.15, 0.2) is 5.78 Å². The van der Waals surface area contributed by atoms with Crippen molar-refractivity contribution in [2.24, 2.45) is 7.05 Å². The lowest BCUT2D eigenvalue weighted by Crippen LogP contribution is -2.48. The van der Waals surface area contributed by atoms with Crippen LogP contribution in [0.4, 0.5) is 5.95 Å². The number of carbonyl (C=O) groups is 1. The predicted octanol–water partition coefficient (Wildman–Crippen LogP) is 3.08. The van der Waals surface area contributed by atoms with Crippen LogP contribution in [-0.4, -0.2) is 46.1 Å². The third kappa shape index (κ3) is 3.78. The Labute approximate surface area is 184 Å². The highest BCUT2D eigenvalue weighted by atomic mass is 16.5. The van der Waals surface area contributed by atoms with Crippen LogP contribution in [-0.2, 0) is 11.8 Å². The molecule has 2 aromatic carbocycles. The molecule has 0 spiro atoms. The minimum absolute atomic E-state index is 0.0734. The van der Waals surface area contributed by atoms with Crippen LogP contribution >= 0.6 is 0 Å². The van der Waals surface area contributed by atoms with Crippen molar-refractivity contribution in [2.45, 2.75) is 6.10 Å². The van der Waals surface area contributed by atoms with Gasteiger partial charge in [-0.1, -0.05) is 36.4 Å². The molecule has 0 radical (unpaired) electrons. The number of ketones is 1. The van der Waals surface area contributed by atoms with Crippen molar-refractivity contribution in [3.05, 3.63) is 89.0 Å². The van der Waals surface area contributed by atoms with Gasteiger partial charge >= 0.3 is 0 Å². The van der Waals surface area contributed by atoms with E-state index in [0.29, 0.717) is 36.9 Å². The van der Waals surface area contributed by atoms with Crippen molar-refractivity contribution in [3.8, 4) is 11.3 Å². The number of morpholine rings is 1. The molecule has 3 heterocycles. The summed E-state index contributed by atoms with van der Waals surface area (Å²) in [4.78, 5) is 36.5. The van der Waals surface area contributed by atoms with Crippen LogP contribution in [0.3, 0.4) is 0 Å². The summed E-state index contributed by atoms with van der Waals surface area (Å²) in [7, 11) is 1.69. The van der Waals surface area contributed by atoms with Gasteiger partial charge in [-0.05, 0) is 29.0 Å². The van der Waals surface area contributed by atoms with Gasteiger partial charge in [-0.3, -0.25) is 19.1 Å². The molecule has 1 aliphatic rings. The number of aromatic nitrogens is 3. The maximum absolute atomic E-state index is 13.2. The molecule has 0 aliphatic carbocycles. The molecule has 32 heavy (non-hydrogen) atoms. The van der Waals surface area contributed by atoms with E-state index in [1.807, 2.05) is 59.5 Å². The summed E-state index contributed by atoms with van der Waals surface area (Å²) in [5.74, 6) is 0.444. The van der Waals surface area contributed by atoms with E-state index in [0.717, 1.165) is 16.3 Å². The van der Waals surface area contributed by atoms with Gasteiger partial charge in [0.25, 0.3) is 5.56 Å². The maximum Gasteiger partial charge on any atom is 0.255 e. The van der Waals surface area contributed by atoms with E-state index in [-0.39, 0.29) is 11.3 Å². The molecule has 160 valence electrons. The van der Waals surface area contributed by atoms with E-state index < -0.39 is 6.10 Å². The summed E-state index contributed by atoms with van der Waals surface area (Å²) in [6.45, 7) is 1.24. The molecule has 2 aromatic heterocycles. The summed E-state index contributed by atoms with van der Waals surface area (Å²) in [5, 5.41) is 2.10. The van der Waals surface area contributed by atoms with Crippen LogP contribution in [0.5, 0.6) is 0 Å². The normalized spacial score (nSPS) is 16.3. The van der Waals surface area contributed by atoms with Crippen LogP contribution in [0, 0.1) is 0 Å². The summed E-state index contributed by atoms with van der Waals surface area (Å²) in [6.07, 6.45) is 2.70. The smallest absolute Gasteiger partial charge is 0.255 e. The summed E-state index contributed by atoms with van der Waals surface area (Å²) in [5.41, 5.74) is 1.85. The van der Waals surface area contributed by atoms with Crippen LogP contribution in [0.15, 0.2) is 77.9 Å². The molecule has 1 fully saturated rings. The SMILES string of the molecule is Cn1c(N2CCOC(C(=O)c3ccc4ccccc4c3)C2)nc(-c2ccncc2)cc1=O. The second-order valence-electron chi connectivity index (χ2n) is 7.81.